The molecule has 1 unspecified atom stereocenters. The van der Waals surface area contributed by atoms with E-state index in [1.165, 1.54) is 12.0 Å². The van der Waals surface area contributed by atoms with Gasteiger partial charge < -0.3 is 15.1 Å². The molecule has 0 saturated carbocycles. The number of hydrogen-bond donors (Lipinski definition) is 2. The van der Waals surface area contributed by atoms with E-state index in [2.05, 4.69) is 22.5 Å². The van der Waals surface area contributed by atoms with Crippen molar-refractivity contribution in [1.29, 1.82) is 0 Å². The number of aromatic nitrogens is 1. The lowest BCUT2D eigenvalue weighted by atomic mass is 10.0. The van der Waals surface area contributed by atoms with E-state index < -0.39 is 0 Å². The van der Waals surface area contributed by atoms with Crippen LogP contribution in [0.25, 0.3) is 11.5 Å². The van der Waals surface area contributed by atoms with Gasteiger partial charge in [0.1, 0.15) is 6.26 Å². The number of benzene rings is 1. The lowest BCUT2D eigenvalue weighted by Gasteiger charge is -2.08. The number of amides is 1. The molecule has 1 aliphatic rings. The Balaban J connectivity index is 1.40. The first-order chi connectivity index (χ1) is 11.7. The largest absolute Gasteiger partial charge is 0.444 e. The highest BCUT2D eigenvalue weighted by Gasteiger charge is 2.15. The number of oxazole rings is 1. The molecule has 5 nitrogen and oxygen atoms in total. The van der Waals surface area contributed by atoms with Gasteiger partial charge in [-0.3, -0.25) is 4.79 Å². The first-order valence-corrected chi connectivity index (χ1v) is 8.69. The SMILES string of the molecule is Cc1ccc(-c2nc(CCNC(=O)CCC3CCNC3)co2)cc1. The summed E-state index contributed by atoms with van der Waals surface area (Å²) in [5.41, 5.74) is 3.05. The van der Waals surface area contributed by atoms with Crippen molar-refractivity contribution in [1.82, 2.24) is 15.6 Å². The third-order valence-corrected chi connectivity index (χ3v) is 4.50. The van der Waals surface area contributed by atoms with E-state index in [-0.39, 0.29) is 5.91 Å². The molecule has 0 spiro atoms. The summed E-state index contributed by atoms with van der Waals surface area (Å²) in [5, 5.41) is 6.30. The van der Waals surface area contributed by atoms with Crippen molar-refractivity contribution in [3.63, 3.8) is 0 Å². The first kappa shape index (κ1) is 16.7. The van der Waals surface area contributed by atoms with Gasteiger partial charge in [-0.1, -0.05) is 17.7 Å². The van der Waals surface area contributed by atoms with Crippen LogP contribution < -0.4 is 10.6 Å². The van der Waals surface area contributed by atoms with Gasteiger partial charge in [-0.2, -0.15) is 0 Å². The summed E-state index contributed by atoms with van der Waals surface area (Å²) in [7, 11) is 0. The fourth-order valence-corrected chi connectivity index (χ4v) is 2.96. The van der Waals surface area contributed by atoms with Crippen molar-refractivity contribution in [2.75, 3.05) is 19.6 Å². The second-order valence-electron chi connectivity index (χ2n) is 6.51. The van der Waals surface area contributed by atoms with Gasteiger partial charge in [-0.15, -0.1) is 0 Å². The molecule has 24 heavy (non-hydrogen) atoms. The molecule has 1 aromatic heterocycles. The lowest BCUT2D eigenvalue weighted by Crippen LogP contribution is -2.26. The van der Waals surface area contributed by atoms with Gasteiger partial charge >= 0.3 is 0 Å². The van der Waals surface area contributed by atoms with Gasteiger partial charge in [-0.25, -0.2) is 4.98 Å². The monoisotopic (exact) mass is 327 g/mol. The standard InChI is InChI=1S/C19H25N3O2/c1-14-2-5-16(6-3-14)19-22-17(13-24-19)9-11-21-18(23)7-4-15-8-10-20-12-15/h2-3,5-6,13,15,20H,4,7-12H2,1H3,(H,21,23). The predicted octanol–water partition coefficient (Wildman–Crippen LogP) is 2.70. The van der Waals surface area contributed by atoms with E-state index in [4.69, 9.17) is 4.42 Å². The van der Waals surface area contributed by atoms with Crippen molar-refractivity contribution in [2.24, 2.45) is 5.92 Å². The van der Waals surface area contributed by atoms with Crippen LogP contribution >= 0.6 is 0 Å². The van der Waals surface area contributed by atoms with Gasteiger partial charge in [0.05, 0.1) is 5.69 Å². The molecule has 1 amide bonds. The lowest BCUT2D eigenvalue weighted by molar-refractivity contribution is -0.121. The van der Waals surface area contributed by atoms with Crippen LogP contribution in [0.2, 0.25) is 0 Å². The maximum absolute atomic E-state index is 11.9. The Kier molecular flexibility index (Phi) is 5.64. The molecule has 3 rings (SSSR count). The number of nitrogens with one attached hydrogen (secondary N) is 2. The Bertz CT molecular complexity index is 658. The predicted molar refractivity (Wildman–Crippen MR) is 93.6 cm³/mol. The zero-order valence-corrected chi connectivity index (χ0v) is 14.2. The average Bonchev–Trinajstić information content (AvgIpc) is 3.25. The van der Waals surface area contributed by atoms with Gasteiger partial charge in [-0.05, 0) is 50.9 Å². The van der Waals surface area contributed by atoms with Crippen LogP contribution in [0.3, 0.4) is 0 Å². The second-order valence-corrected chi connectivity index (χ2v) is 6.51. The molecular formula is C19H25N3O2. The third-order valence-electron chi connectivity index (χ3n) is 4.50. The fraction of sp³-hybridized carbons (Fsp3) is 0.474. The smallest absolute Gasteiger partial charge is 0.226 e. The molecule has 1 fully saturated rings. The minimum atomic E-state index is 0.129. The van der Waals surface area contributed by atoms with Gasteiger partial charge in [0.2, 0.25) is 11.8 Å². The molecule has 0 radical (unpaired) electrons. The molecule has 1 aromatic carbocycles. The molecule has 0 bridgehead atoms. The summed E-state index contributed by atoms with van der Waals surface area (Å²) >= 11 is 0. The molecule has 1 atom stereocenters. The van der Waals surface area contributed by atoms with Crippen LogP contribution in [0, 0.1) is 12.8 Å². The van der Waals surface area contributed by atoms with E-state index in [0.29, 0.717) is 31.2 Å². The minimum absolute atomic E-state index is 0.129. The highest BCUT2D eigenvalue weighted by molar-refractivity contribution is 5.75. The van der Waals surface area contributed by atoms with Crippen molar-refractivity contribution in [3.8, 4) is 11.5 Å². The van der Waals surface area contributed by atoms with Crippen LogP contribution in [0.5, 0.6) is 0 Å². The van der Waals surface area contributed by atoms with Crippen molar-refractivity contribution < 1.29 is 9.21 Å². The summed E-state index contributed by atoms with van der Waals surface area (Å²) in [6, 6.07) is 8.09. The molecule has 1 saturated heterocycles. The maximum atomic E-state index is 11.9. The van der Waals surface area contributed by atoms with Crippen molar-refractivity contribution in [3.05, 3.63) is 41.8 Å². The highest BCUT2D eigenvalue weighted by atomic mass is 16.3. The Morgan fingerprint density at radius 1 is 1.38 bits per heavy atom. The zero-order chi connectivity index (χ0) is 16.8. The van der Waals surface area contributed by atoms with Crippen molar-refractivity contribution in [2.45, 2.75) is 32.6 Å². The Hall–Kier alpha value is -2.14. The molecule has 5 heteroatoms. The highest BCUT2D eigenvalue weighted by Crippen LogP contribution is 2.19. The summed E-state index contributed by atoms with van der Waals surface area (Å²) in [6.07, 6.45) is 5.13. The second kappa shape index (κ2) is 8.11. The quantitative estimate of drug-likeness (QED) is 0.820. The van der Waals surface area contributed by atoms with Crippen molar-refractivity contribution >= 4 is 5.91 Å². The summed E-state index contributed by atoms with van der Waals surface area (Å²) in [4.78, 5) is 16.4. The number of carbonyl (C=O) groups is 1. The average molecular weight is 327 g/mol. The van der Waals surface area contributed by atoms with Gasteiger partial charge in [0, 0.05) is 24.9 Å². The number of nitrogens with zero attached hydrogens (tertiary/aromatic N) is 1. The maximum Gasteiger partial charge on any atom is 0.226 e. The molecule has 2 heterocycles. The fourth-order valence-electron chi connectivity index (χ4n) is 2.96. The molecule has 2 N–H and O–H groups in total. The Morgan fingerprint density at radius 3 is 2.96 bits per heavy atom. The van der Waals surface area contributed by atoms with Gasteiger partial charge in [0.15, 0.2) is 0 Å². The van der Waals surface area contributed by atoms with Crippen LogP contribution in [0.15, 0.2) is 34.9 Å². The van der Waals surface area contributed by atoms with Crippen LogP contribution in [0.4, 0.5) is 0 Å². The summed E-state index contributed by atoms with van der Waals surface area (Å²) in [6.45, 7) is 4.79. The molecule has 128 valence electrons. The third kappa shape index (κ3) is 4.68. The van der Waals surface area contributed by atoms with E-state index in [1.807, 2.05) is 24.3 Å². The molecular weight excluding hydrogens is 302 g/mol. The number of aryl methyl sites for hydroxylation is 1. The normalized spacial score (nSPS) is 17.1. The molecule has 0 aliphatic carbocycles. The Labute approximate surface area is 142 Å². The molecule has 1 aliphatic heterocycles. The first-order valence-electron chi connectivity index (χ1n) is 8.69. The van der Waals surface area contributed by atoms with E-state index >= 15 is 0 Å². The number of hydrogen-bond acceptors (Lipinski definition) is 4. The van der Waals surface area contributed by atoms with Crippen LogP contribution in [0.1, 0.15) is 30.5 Å². The Morgan fingerprint density at radius 2 is 2.21 bits per heavy atom. The zero-order valence-electron chi connectivity index (χ0n) is 14.2. The summed E-state index contributed by atoms with van der Waals surface area (Å²) < 4.78 is 5.53. The minimum Gasteiger partial charge on any atom is -0.444 e. The van der Waals surface area contributed by atoms with Crippen LogP contribution in [-0.2, 0) is 11.2 Å². The summed E-state index contributed by atoms with van der Waals surface area (Å²) in [5.74, 6) is 1.41. The topological polar surface area (TPSA) is 67.2 Å². The van der Waals surface area contributed by atoms with Crippen LogP contribution in [-0.4, -0.2) is 30.5 Å². The van der Waals surface area contributed by atoms with E-state index in [9.17, 15) is 4.79 Å². The number of rotatable bonds is 7. The van der Waals surface area contributed by atoms with E-state index in [0.717, 1.165) is 30.8 Å². The van der Waals surface area contributed by atoms with E-state index in [1.54, 1.807) is 6.26 Å². The van der Waals surface area contributed by atoms with Gasteiger partial charge in [0.25, 0.3) is 0 Å². The number of carbonyl (C=O) groups excluding carboxylic acids is 1. The molecule has 2 aromatic rings.